The molecule has 0 aliphatic rings. The highest BCUT2D eigenvalue weighted by Gasteiger charge is 2.10. The average molecular weight is 254 g/mol. The number of hydrogen-bond donors (Lipinski definition) is 2. The molecule has 0 aliphatic carbocycles. The summed E-state index contributed by atoms with van der Waals surface area (Å²) in [5.74, 6) is -0.245. The van der Waals surface area contributed by atoms with Crippen molar-refractivity contribution < 1.29 is 9.59 Å². The maximum atomic E-state index is 10.6. The molecule has 4 nitrogen and oxygen atoms in total. The molecule has 0 aromatic heterocycles. The Labute approximate surface area is 111 Å². The molecule has 2 amide bonds. The van der Waals surface area contributed by atoms with Gasteiger partial charge in [0.15, 0.2) is 0 Å². The lowest BCUT2D eigenvalue weighted by Crippen LogP contribution is -2.39. The van der Waals surface area contributed by atoms with Crippen molar-refractivity contribution >= 4 is 11.8 Å². The fourth-order valence-corrected chi connectivity index (χ4v) is 0.841. The van der Waals surface area contributed by atoms with Gasteiger partial charge in [0.2, 0.25) is 11.8 Å². The van der Waals surface area contributed by atoms with E-state index in [0.717, 1.165) is 0 Å². The standard InChI is InChI=1S/2C7H13NO/c2*1-5-6(9)8-7(2,3)4/h2*5H,1H2,2-4H3,(H,8,9). The van der Waals surface area contributed by atoms with Crippen LogP contribution in [0.1, 0.15) is 41.5 Å². The maximum absolute atomic E-state index is 10.6. The first-order valence-electron chi connectivity index (χ1n) is 5.80. The van der Waals surface area contributed by atoms with Crippen molar-refractivity contribution in [3.05, 3.63) is 25.3 Å². The second-order valence-electron chi connectivity index (χ2n) is 5.89. The van der Waals surface area contributed by atoms with Crippen LogP contribution < -0.4 is 10.6 Å². The number of carbonyl (C=O) groups is 2. The molecular formula is C14H26N2O2. The Bertz CT molecular complexity index is 275. The third-order valence-electron chi connectivity index (χ3n) is 1.37. The highest BCUT2D eigenvalue weighted by molar-refractivity contribution is 5.87. The van der Waals surface area contributed by atoms with E-state index in [2.05, 4.69) is 23.8 Å². The van der Waals surface area contributed by atoms with Crippen LogP contribution in [-0.4, -0.2) is 22.9 Å². The summed E-state index contributed by atoms with van der Waals surface area (Å²) in [4.78, 5) is 21.2. The molecule has 4 heteroatoms. The molecule has 0 saturated heterocycles. The fraction of sp³-hybridized carbons (Fsp3) is 0.571. The van der Waals surface area contributed by atoms with Gasteiger partial charge in [0.1, 0.15) is 0 Å². The Morgan fingerprint density at radius 2 is 1.00 bits per heavy atom. The molecule has 0 aliphatic heterocycles. The van der Waals surface area contributed by atoms with Gasteiger partial charge in [-0.1, -0.05) is 13.2 Å². The molecule has 0 fully saturated rings. The van der Waals surface area contributed by atoms with E-state index in [1.54, 1.807) is 0 Å². The zero-order valence-corrected chi connectivity index (χ0v) is 12.4. The van der Waals surface area contributed by atoms with Gasteiger partial charge in [-0.15, -0.1) is 0 Å². The zero-order valence-electron chi connectivity index (χ0n) is 12.4. The van der Waals surface area contributed by atoms with Gasteiger partial charge in [0.25, 0.3) is 0 Å². The summed E-state index contributed by atoms with van der Waals surface area (Å²) in [5, 5.41) is 5.42. The zero-order chi connectivity index (χ0) is 15.0. The minimum atomic E-state index is -0.148. The van der Waals surface area contributed by atoms with E-state index >= 15 is 0 Å². The molecule has 104 valence electrons. The fourth-order valence-electron chi connectivity index (χ4n) is 0.841. The Morgan fingerprint density at radius 1 is 0.778 bits per heavy atom. The van der Waals surface area contributed by atoms with Gasteiger partial charge in [0, 0.05) is 11.1 Å². The molecule has 0 bridgehead atoms. The van der Waals surface area contributed by atoms with E-state index in [1.807, 2.05) is 41.5 Å². The second kappa shape index (κ2) is 7.69. The monoisotopic (exact) mass is 254 g/mol. The summed E-state index contributed by atoms with van der Waals surface area (Å²) in [6.07, 6.45) is 2.54. The predicted molar refractivity (Wildman–Crippen MR) is 76.2 cm³/mol. The van der Waals surface area contributed by atoms with Crippen molar-refractivity contribution in [3.63, 3.8) is 0 Å². The lowest BCUT2D eigenvalue weighted by atomic mass is 10.1. The molecule has 2 N–H and O–H groups in total. The van der Waals surface area contributed by atoms with E-state index in [4.69, 9.17) is 0 Å². The van der Waals surface area contributed by atoms with Gasteiger partial charge in [-0.3, -0.25) is 9.59 Å². The summed E-state index contributed by atoms with van der Waals surface area (Å²) in [5.41, 5.74) is -0.295. The molecule has 0 saturated carbocycles. The Morgan fingerprint density at radius 3 is 1.06 bits per heavy atom. The van der Waals surface area contributed by atoms with E-state index in [0.29, 0.717) is 0 Å². The molecule has 0 aromatic rings. The lowest BCUT2D eigenvalue weighted by molar-refractivity contribution is -0.118. The van der Waals surface area contributed by atoms with E-state index in [-0.39, 0.29) is 22.9 Å². The van der Waals surface area contributed by atoms with Gasteiger partial charge in [-0.25, -0.2) is 0 Å². The number of amides is 2. The molecule has 0 atom stereocenters. The van der Waals surface area contributed by atoms with Crippen LogP contribution >= 0.6 is 0 Å². The third-order valence-corrected chi connectivity index (χ3v) is 1.37. The van der Waals surface area contributed by atoms with E-state index < -0.39 is 0 Å². The summed E-state index contributed by atoms with van der Waals surface area (Å²) >= 11 is 0. The highest BCUT2D eigenvalue weighted by Crippen LogP contribution is 1.97. The van der Waals surface area contributed by atoms with Crippen LogP contribution in [-0.2, 0) is 9.59 Å². The molecule has 0 rings (SSSR count). The Hall–Kier alpha value is -1.58. The van der Waals surface area contributed by atoms with Gasteiger partial charge in [0.05, 0.1) is 0 Å². The number of rotatable bonds is 2. The van der Waals surface area contributed by atoms with Gasteiger partial charge in [-0.2, -0.15) is 0 Å². The van der Waals surface area contributed by atoms with Crippen LogP contribution in [0.5, 0.6) is 0 Å². The first-order chi connectivity index (χ1) is 7.91. The number of nitrogens with one attached hydrogen (secondary N) is 2. The molecule has 18 heavy (non-hydrogen) atoms. The van der Waals surface area contributed by atoms with Crippen LogP contribution in [0.15, 0.2) is 25.3 Å². The SMILES string of the molecule is C=CC(=O)NC(C)(C)C.C=CC(=O)NC(C)(C)C. The van der Waals surface area contributed by atoms with Crippen LogP contribution in [0.2, 0.25) is 0 Å². The topological polar surface area (TPSA) is 58.2 Å². The molecular weight excluding hydrogens is 228 g/mol. The maximum Gasteiger partial charge on any atom is 0.243 e. The minimum absolute atomic E-state index is 0.123. The van der Waals surface area contributed by atoms with Gasteiger partial charge < -0.3 is 10.6 Å². The van der Waals surface area contributed by atoms with E-state index in [1.165, 1.54) is 12.2 Å². The van der Waals surface area contributed by atoms with Crippen LogP contribution in [0, 0.1) is 0 Å². The molecule has 0 radical (unpaired) electrons. The van der Waals surface area contributed by atoms with E-state index in [9.17, 15) is 9.59 Å². The highest BCUT2D eigenvalue weighted by atomic mass is 16.2. The average Bonchev–Trinajstić information content (AvgIpc) is 2.13. The van der Waals surface area contributed by atoms with Crippen molar-refractivity contribution in [2.75, 3.05) is 0 Å². The van der Waals surface area contributed by atoms with Crippen LogP contribution in [0.4, 0.5) is 0 Å². The van der Waals surface area contributed by atoms with Crippen molar-refractivity contribution in [1.82, 2.24) is 10.6 Å². The molecule has 0 spiro atoms. The summed E-state index contributed by atoms with van der Waals surface area (Å²) in [6, 6.07) is 0. The summed E-state index contributed by atoms with van der Waals surface area (Å²) in [7, 11) is 0. The Balaban J connectivity index is 0. The molecule has 0 heterocycles. The van der Waals surface area contributed by atoms with Crippen molar-refractivity contribution in [2.24, 2.45) is 0 Å². The summed E-state index contributed by atoms with van der Waals surface area (Å²) < 4.78 is 0. The number of carbonyl (C=O) groups excluding carboxylic acids is 2. The van der Waals surface area contributed by atoms with Crippen LogP contribution in [0.25, 0.3) is 0 Å². The quantitative estimate of drug-likeness (QED) is 0.742. The lowest BCUT2D eigenvalue weighted by Gasteiger charge is -2.18. The smallest absolute Gasteiger partial charge is 0.243 e. The van der Waals surface area contributed by atoms with Crippen molar-refractivity contribution in [2.45, 2.75) is 52.6 Å². The minimum Gasteiger partial charge on any atom is -0.348 e. The normalized spacial score (nSPS) is 10.6. The molecule has 0 unspecified atom stereocenters. The first-order valence-corrected chi connectivity index (χ1v) is 5.80. The first kappa shape index (κ1) is 18.8. The van der Waals surface area contributed by atoms with Crippen molar-refractivity contribution in [3.8, 4) is 0 Å². The van der Waals surface area contributed by atoms with Crippen LogP contribution in [0.3, 0.4) is 0 Å². The predicted octanol–water partition coefficient (Wildman–Crippen LogP) is 2.17. The van der Waals surface area contributed by atoms with Gasteiger partial charge in [-0.05, 0) is 53.7 Å². The second-order valence-corrected chi connectivity index (χ2v) is 5.89. The molecule has 0 aromatic carbocycles. The summed E-state index contributed by atoms with van der Waals surface area (Å²) in [6.45, 7) is 18.2. The van der Waals surface area contributed by atoms with Gasteiger partial charge >= 0.3 is 0 Å². The Kier molecular flexibility index (Phi) is 8.02. The third kappa shape index (κ3) is 16.8. The number of hydrogen-bond acceptors (Lipinski definition) is 2. The van der Waals surface area contributed by atoms with Crippen molar-refractivity contribution in [1.29, 1.82) is 0 Å². The largest absolute Gasteiger partial charge is 0.348 e.